The van der Waals surface area contributed by atoms with E-state index in [9.17, 15) is 13.2 Å². The lowest BCUT2D eigenvalue weighted by Crippen LogP contribution is -2.61. The van der Waals surface area contributed by atoms with Crippen molar-refractivity contribution in [2.24, 2.45) is 22.9 Å². The molecule has 0 saturated carbocycles. The Morgan fingerprint density at radius 1 is 1.19 bits per heavy atom. The van der Waals surface area contributed by atoms with Crippen LogP contribution < -0.4 is 0 Å². The molecule has 144 valence electrons. The topological polar surface area (TPSA) is 70.0 Å². The molecule has 1 aromatic carbocycles. The van der Waals surface area contributed by atoms with Gasteiger partial charge in [0.05, 0.1) is 29.1 Å². The van der Waals surface area contributed by atoms with Crippen LogP contribution in [0.25, 0.3) is 0 Å². The van der Waals surface area contributed by atoms with E-state index in [-0.39, 0.29) is 36.2 Å². The van der Waals surface area contributed by atoms with Gasteiger partial charge in [-0.15, -0.1) is 0 Å². The Labute approximate surface area is 160 Å². The number of carbonyl (C=O) groups excluding carboxylic acids is 1. The summed E-state index contributed by atoms with van der Waals surface area (Å²) < 4.78 is 27.4. The molecular formula is C20H25N3O3S. The second kappa shape index (κ2) is 5.92. The fourth-order valence-corrected chi connectivity index (χ4v) is 6.24. The van der Waals surface area contributed by atoms with Crippen LogP contribution >= 0.6 is 0 Å². The van der Waals surface area contributed by atoms with Crippen LogP contribution in [0, 0.1) is 17.8 Å². The molecule has 0 spiro atoms. The zero-order chi connectivity index (χ0) is 19.7. The maximum Gasteiger partial charge on any atom is 0.279 e. The van der Waals surface area contributed by atoms with E-state index in [1.165, 1.54) is 4.41 Å². The molecule has 1 saturated heterocycles. The lowest BCUT2D eigenvalue weighted by Gasteiger charge is -2.47. The van der Waals surface area contributed by atoms with Crippen molar-refractivity contribution >= 4 is 21.6 Å². The molecule has 0 bridgehead atoms. The first-order valence-electron chi connectivity index (χ1n) is 9.36. The van der Waals surface area contributed by atoms with Gasteiger partial charge in [-0.05, 0) is 31.4 Å². The standard InChI is InChI=1S/C20H25N3O3S/c1-11(2)18-19-12(3)16(14(5)23(19)20(18)24)10-22-21-13(4)15-8-6-7-9-17(15)27(22,25)26/h6-9,11-12,18-19H,10H2,1-5H3/t12-,18+,19+/m0/s1. The number of carbonyl (C=O) groups is 1. The molecule has 27 heavy (non-hydrogen) atoms. The molecule has 1 aromatic rings. The number of nitrogens with zero attached hydrogens (tertiary/aromatic N) is 3. The Morgan fingerprint density at radius 2 is 1.85 bits per heavy atom. The number of hydrazone groups is 1. The lowest BCUT2D eigenvalue weighted by molar-refractivity contribution is -0.155. The van der Waals surface area contributed by atoms with Crippen LogP contribution in [-0.2, 0) is 14.8 Å². The molecule has 0 aromatic heterocycles. The highest BCUT2D eigenvalue weighted by molar-refractivity contribution is 7.89. The minimum absolute atomic E-state index is 0.0105. The molecule has 3 aliphatic rings. The quantitative estimate of drug-likeness (QED) is 0.749. The van der Waals surface area contributed by atoms with E-state index in [2.05, 4.69) is 25.9 Å². The van der Waals surface area contributed by atoms with Gasteiger partial charge < -0.3 is 4.90 Å². The number of amides is 1. The van der Waals surface area contributed by atoms with Gasteiger partial charge in [-0.2, -0.15) is 17.9 Å². The number of β-lactam (4-membered cyclic amide) rings is 1. The van der Waals surface area contributed by atoms with Gasteiger partial charge in [-0.1, -0.05) is 39.0 Å². The smallest absolute Gasteiger partial charge is 0.279 e. The highest BCUT2D eigenvalue weighted by Gasteiger charge is 2.56. The van der Waals surface area contributed by atoms with Crippen LogP contribution in [0.4, 0.5) is 0 Å². The predicted octanol–water partition coefficient (Wildman–Crippen LogP) is 2.82. The first kappa shape index (κ1) is 18.2. The normalized spacial score (nSPS) is 28.9. The SMILES string of the molecule is CC1=NN(CC2=C(C)N3C(=O)[C@H](C(C)C)[C@H]3[C@H]2C)S(=O)(=O)c2ccccc21. The molecule has 1 fully saturated rings. The Bertz CT molecular complexity index is 993. The lowest BCUT2D eigenvalue weighted by atomic mass is 9.74. The van der Waals surface area contributed by atoms with Crippen LogP contribution in [0.3, 0.4) is 0 Å². The molecule has 3 heterocycles. The molecule has 3 aliphatic heterocycles. The average molecular weight is 388 g/mol. The fraction of sp³-hybridized carbons (Fsp3) is 0.500. The number of sulfonamides is 1. The van der Waals surface area contributed by atoms with Crippen LogP contribution in [0.5, 0.6) is 0 Å². The molecular weight excluding hydrogens is 362 g/mol. The molecule has 0 radical (unpaired) electrons. The maximum atomic E-state index is 13.1. The summed E-state index contributed by atoms with van der Waals surface area (Å²) >= 11 is 0. The van der Waals surface area contributed by atoms with E-state index in [0.29, 0.717) is 16.2 Å². The second-order valence-electron chi connectivity index (χ2n) is 8.03. The van der Waals surface area contributed by atoms with Gasteiger partial charge in [0.15, 0.2) is 0 Å². The minimum atomic E-state index is -3.70. The van der Waals surface area contributed by atoms with Gasteiger partial charge in [0.25, 0.3) is 10.0 Å². The number of benzene rings is 1. The van der Waals surface area contributed by atoms with Crippen molar-refractivity contribution in [1.29, 1.82) is 0 Å². The molecule has 1 amide bonds. The minimum Gasteiger partial charge on any atom is -0.312 e. The Balaban J connectivity index is 1.69. The summed E-state index contributed by atoms with van der Waals surface area (Å²) in [4.78, 5) is 14.7. The van der Waals surface area contributed by atoms with E-state index in [0.717, 1.165) is 11.3 Å². The largest absolute Gasteiger partial charge is 0.312 e. The van der Waals surface area contributed by atoms with Crippen LogP contribution in [0.2, 0.25) is 0 Å². The van der Waals surface area contributed by atoms with Crippen molar-refractivity contribution in [3.05, 3.63) is 41.1 Å². The molecule has 0 N–H and O–H groups in total. The number of hydrogen-bond donors (Lipinski definition) is 0. The van der Waals surface area contributed by atoms with Crippen LogP contribution in [0.1, 0.15) is 40.2 Å². The highest BCUT2D eigenvalue weighted by atomic mass is 32.2. The van der Waals surface area contributed by atoms with Gasteiger partial charge in [-0.25, -0.2) is 0 Å². The van der Waals surface area contributed by atoms with E-state index in [4.69, 9.17) is 0 Å². The molecule has 7 heteroatoms. The monoisotopic (exact) mass is 387 g/mol. The Morgan fingerprint density at radius 3 is 2.52 bits per heavy atom. The molecule has 6 nitrogen and oxygen atoms in total. The zero-order valence-electron chi connectivity index (χ0n) is 16.3. The number of rotatable bonds is 3. The maximum absolute atomic E-state index is 13.1. The van der Waals surface area contributed by atoms with Crippen LogP contribution in [0.15, 0.2) is 45.5 Å². The van der Waals surface area contributed by atoms with E-state index in [1.807, 2.05) is 24.8 Å². The van der Waals surface area contributed by atoms with Crippen molar-refractivity contribution < 1.29 is 13.2 Å². The van der Waals surface area contributed by atoms with Crippen molar-refractivity contribution in [2.45, 2.75) is 45.6 Å². The van der Waals surface area contributed by atoms with Gasteiger partial charge >= 0.3 is 0 Å². The fourth-order valence-electron chi connectivity index (χ4n) is 4.73. The summed E-state index contributed by atoms with van der Waals surface area (Å²) in [5, 5.41) is 4.38. The average Bonchev–Trinajstić information content (AvgIpc) is 2.80. The predicted molar refractivity (Wildman–Crippen MR) is 103 cm³/mol. The first-order chi connectivity index (χ1) is 12.7. The summed E-state index contributed by atoms with van der Waals surface area (Å²) in [5.74, 6) is 0.564. The third-order valence-electron chi connectivity index (χ3n) is 6.19. The Kier molecular flexibility index (Phi) is 4.00. The summed E-state index contributed by atoms with van der Waals surface area (Å²) in [6.45, 7) is 10.2. The number of allylic oxidation sites excluding steroid dienone is 1. The van der Waals surface area contributed by atoms with Gasteiger partial charge in [0, 0.05) is 17.2 Å². The van der Waals surface area contributed by atoms with Gasteiger partial charge in [0.2, 0.25) is 5.91 Å². The van der Waals surface area contributed by atoms with Crippen LogP contribution in [-0.4, -0.2) is 41.9 Å². The molecule has 4 rings (SSSR count). The summed E-state index contributed by atoms with van der Waals surface area (Å²) in [7, 11) is -3.70. The van der Waals surface area contributed by atoms with Crippen molar-refractivity contribution in [1.82, 2.24) is 9.31 Å². The van der Waals surface area contributed by atoms with Gasteiger partial charge in [0.1, 0.15) is 0 Å². The van der Waals surface area contributed by atoms with E-state index >= 15 is 0 Å². The summed E-state index contributed by atoms with van der Waals surface area (Å²) in [6, 6.07) is 7.09. The third kappa shape index (κ3) is 2.40. The number of hydrogen-bond acceptors (Lipinski definition) is 4. The van der Waals surface area contributed by atoms with Crippen molar-refractivity contribution in [3.63, 3.8) is 0 Å². The van der Waals surface area contributed by atoms with Gasteiger partial charge in [-0.3, -0.25) is 4.79 Å². The number of fused-ring (bicyclic) bond motifs is 2. The summed E-state index contributed by atoms with van der Waals surface area (Å²) in [6.07, 6.45) is 0. The zero-order valence-corrected chi connectivity index (χ0v) is 17.1. The molecule has 0 unspecified atom stereocenters. The van der Waals surface area contributed by atoms with Crippen molar-refractivity contribution in [3.8, 4) is 0 Å². The van der Waals surface area contributed by atoms with E-state index in [1.54, 1.807) is 18.2 Å². The molecule has 3 atom stereocenters. The van der Waals surface area contributed by atoms with Crippen molar-refractivity contribution in [2.75, 3.05) is 6.54 Å². The third-order valence-corrected chi connectivity index (χ3v) is 7.87. The second-order valence-corrected chi connectivity index (χ2v) is 9.85. The first-order valence-corrected chi connectivity index (χ1v) is 10.8. The highest BCUT2D eigenvalue weighted by Crippen LogP contribution is 2.48. The summed E-state index contributed by atoms with van der Waals surface area (Å²) in [5.41, 5.74) is 3.20. The van der Waals surface area contributed by atoms with E-state index < -0.39 is 10.0 Å². The Hall–Kier alpha value is -2.15. The molecule has 0 aliphatic carbocycles.